The van der Waals surface area contributed by atoms with Crippen molar-refractivity contribution in [3.8, 4) is 0 Å². The lowest BCUT2D eigenvalue weighted by Crippen LogP contribution is -2.16. The molecule has 0 bridgehead atoms. The van der Waals surface area contributed by atoms with E-state index < -0.39 is 0 Å². The van der Waals surface area contributed by atoms with E-state index in [-0.39, 0.29) is 5.41 Å². The monoisotopic (exact) mass is 263 g/mol. The van der Waals surface area contributed by atoms with Gasteiger partial charge >= 0.3 is 0 Å². The van der Waals surface area contributed by atoms with Gasteiger partial charge in [0.05, 0.1) is 16.2 Å². The van der Waals surface area contributed by atoms with Gasteiger partial charge in [-0.2, -0.15) is 0 Å². The van der Waals surface area contributed by atoms with Gasteiger partial charge in [-0.25, -0.2) is 0 Å². The van der Waals surface area contributed by atoms with Crippen molar-refractivity contribution >= 4 is 28.2 Å². The average molecular weight is 264 g/mol. The van der Waals surface area contributed by atoms with Crippen molar-refractivity contribution in [1.29, 1.82) is 0 Å². The number of hydrogen-bond acceptors (Lipinski definition) is 3. The van der Waals surface area contributed by atoms with Crippen LogP contribution in [0.4, 0.5) is 5.69 Å². The molecular weight excluding hydrogens is 246 g/mol. The first-order chi connectivity index (χ1) is 8.32. The summed E-state index contributed by atoms with van der Waals surface area (Å²) in [6, 6.07) is 5.94. The fourth-order valence-electron chi connectivity index (χ4n) is 1.92. The minimum atomic E-state index is -0.0476. The number of pyridine rings is 1. The highest BCUT2D eigenvalue weighted by Crippen LogP contribution is 2.33. The molecule has 0 aliphatic heterocycles. The van der Waals surface area contributed by atoms with Gasteiger partial charge in [0.25, 0.3) is 0 Å². The molecular formula is C14H18ClN3. The SMILES string of the molecule is Cc1cc(Cl)c2nc(C(C)(C)C)cc(NN)c2c1. The molecule has 0 saturated heterocycles. The van der Waals surface area contributed by atoms with Crippen molar-refractivity contribution < 1.29 is 0 Å². The first-order valence-corrected chi connectivity index (χ1v) is 6.28. The van der Waals surface area contributed by atoms with E-state index in [1.165, 1.54) is 0 Å². The average Bonchev–Trinajstić information content (AvgIpc) is 2.26. The molecule has 2 rings (SSSR count). The molecule has 0 saturated carbocycles. The zero-order chi connectivity index (χ0) is 13.5. The van der Waals surface area contributed by atoms with Crippen LogP contribution in [0.2, 0.25) is 5.02 Å². The van der Waals surface area contributed by atoms with Crippen LogP contribution in [0.5, 0.6) is 0 Å². The molecule has 3 nitrogen and oxygen atoms in total. The van der Waals surface area contributed by atoms with Crippen LogP contribution in [0.25, 0.3) is 10.9 Å². The number of nitrogen functional groups attached to an aromatic ring is 1. The summed E-state index contributed by atoms with van der Waals surface area (Å²) in [6.45, 7) is 8.35. The largest absolute Gasteiger partial charge is 0.323 e. The van der Waals surface area contributed by atoms with Gasteiger partial charge in [0.2, 0.25) is 0 Å². The van der Waals surface area contributed by atoms with Crippen LogP contribution < -0.4 is 11.3 Å². The summed E-state index contributed by atoms with van der Waals surface area (Å²) >= 11 is 6.28. The minimum Gasteiger partial charge on any atom is -0.323 e. The molecule has 0 atom stereocenters. The Morgan fingerprint density at radius 2 is 1.89 bits per heavy atom. The van der Waals surface area contributed by atoms with Crippen LogP contribution >= 0.6 is 11.6 Å². The summed E-state index contributed by atoms with van der Waals surface area (Å²) in [5.41, 5.74) is 6.40. The maximum atomic E-state index is 6.28. The molecule has 4 heteroatoms. The van der Waals surface area contributed by atoms with E-state index in [0.29, 0.717) is 5.02 Å². The molecule has 0 spiro atoms. The summed E-state index contributed by atoms with van der Waals surface area (Å²) in [6.07, 6.45) is 0. The second-order valence-corrected chi connectivity index (χ2v) is 6.00. The maximum absolute atomic E-state index is 6.28. The van der Waals surface area contributed by atoms with Crippen molar-refractivity contribution in [2.45, 2.75) is 33.1 Å². The molecule has 1 aromatic carbocycles. The van der Waals surface area contributed by atoms with E-state index in [2.05, 4.69) is 31.2 Å². The predicted octanol–water partition coefficient (Wildman–Crippen LogP) is 3.78. The number of nitrogens with one attached hydrogen (secondary N) is 1. The second-order valence-electron chi connectivity index (χ2n) is 5.59. The van der Waals surface area contributed by atoms with Gasteiger partial charge in [0, 0.05) is 16.5 Å². The highest BCUT2D eigenvalue weighted by atomic mass is 35.5. The van der Waals surface area contributed by atoms with Gasteiger partial charge in [-0.05, 0) is 30.7 Å². The molecule has 0 unspecified atom stereocenters. The molecule has 18 heavy (non-hydrogen) atoms. The van der Waals surface area contributed by atoms with Crippen LogP contribution in [0.15, 0.2) is 18.2 Å². The maximum Gasteiger partial charge on any atom is 0.0913 e. The smallest absolute Gasteiger partial charge is 0.0913 e. The number of hydrogen-bond donors (Lipinski definition) is 2. The van der Waals surface area contributed by atoms with E-state index in [1.54, 1.807) is 0 Å². The molecule has 0 fully saturated rings. The molecule has 0 radical (unpaired) electrons. The van der Waals surface area contributed by atoms with Crippen LogP contribution in [-0.2, 0) is 5.41 Å². The highest BCUT2D eigenvalue weighted by Gasteiger charge is 2.18. The van der Waals surface area contributed by atoms with Crippen LogP contribution in [0.1, 0.15) is 32.0 Å². The van der Waals surface area contributed by atoms with E-state index in [1.807, 2.05) is 25.1 Å². The van der Waals surface area contributed by atoms with Crippen LogP contribution in [-0.4, -0.2) is 4.98 Å². The number of aromatic nitrogens is 1. The molecule has 96 valence electrons. The van der Waals surface area contributed by atoms with Gasteiger partial charge in [0.1, 0.15) is 0 Å². The minimum absolute atomic E-state index is 0.0476. The molecule has 0 amide bonds. The zero-order valence-electron chi connectivity index (χ0n) is 11.1. The van der Waals surface area contributed by atoms with E-state index >= 15 is 0 Å². The quantitative estimate of drug-likeness (QED) is 0.608. The number of benzene rings is 1. The standard InChI is InChI=1S/C14H18ClN3/c1-8-5-9-11(18-16)7-12(14(2,3)4)17-13(9)10(15)6-8/h5-7H,16H2,1-4H3,(H,17,18). The lowest BCUT2D eigenvalue weighted by molar-refractivity contribution is 0.572. The summed E-state index contributed by atoms with van der Waals surface area (Å²) < 4.78 is 0. The van der Waals surface area contributed by atoms with E-state index in [4.69, 9.17) is 17.4 Å². The fourth-order valence-corrected chi connectivity index (χ4v) is 2.24. The van der Waals surface area contributed by atoms with Gasteiger partial charge in [0.15, 0.2) is 0 Å². The third kappa shape index (κ3) is 2.28. The molecule has 3 N–H and O–H groups in total. The van der Waals surface area contributed by atoms with Gasteiger partial charge in [-0.15, -0.1) is 0 Å². The number of halogens is 1. The van der Waals surface area contributed by atoms with E-state index in [0.717, 1.165) is 27.8 Å². The normalized spacial score (nSPS) is 11.9. The Labute approximate surface area is 112 Å². The topological polar surface area (TPSA) is 50.9 Å². The first-order valence-electron chi connectivity index (χ1n) is 5.91. The predicted molar refractivity (Wildman–Crippen MR) is 78.0 cm³/mol. The molecule has 1 heterocycles. The van der Waals surface area contributed by atoms with Crippen molar-refractivity contribution in [2.75, 3.05) is 5.43 Å². The summed E-state index contributed by atoms with van der Waals surface area (Å²) in [7, 11) is 0. The number of aryl methyl sites for hydroxylation is 1. The second kappa shape index (κ2) is 4.41. The number of nitrogens with zero attached hydrogens (tertiary/aromatic N) is 1. The van der Waals surface area contributed by atoms with Crippen molar-refractivity contribution in [3.05, 3.63) is 34.5 Å². The number of anilines is 1. The molecule has 1 aromatic heterocycles. The third-order valence-electron chi connectivity index (χ3n) is 2.94. The molecule has 0 aliphatic carbocycles. The Hall–Kier alpha value is -1.32. The van der Waals surface area contributed by atoms with Gasteiger partial charge in [-0.1, -0.05) is 32.4 Å². The molecule has 0 aliphatic rings. The van der Waals surface area contributed by atoms with Crippen LogP contribution in [0.3, 0.4) is 0 Å². The van der Waals surface area contributed by atoms with Crippen LogP contribution in [0, 0.1) is 6.92 Å². The number of rotatable bonds is 1. The van der Waals surface area contributed by atoms with Crippen molar-refractivity contribution in [1.82, 2.24) is 4.98 Å². The number of hydrazine groups is 1. The summed E-state index contributed by atoms with van der Waals surface area (Å²) in [5.74, 6) is 5.61. The highest BCUT2D eigenvalue weighted by molar-refractivity contribution is 6.35. The molecule has 2 aromatic rings. The van der Waals surface area contributed by atoms with Gasteiger partial charge < -0.3 is 5.43 Å². The Balaban J connectivity index is 2.84. The van der Waals surface area contributed by atoms with E-state index in [9.17, 15) is 0 Å². The Morgan fingerprint density at radius 3 is 2.44 bits per heavy atom. The Morgan fingerprint density at radius 1 is 1.22 bits per heavy atom. The Bertz CT molecular complexity index is 600. The number of nitrogens with two attached hydrogens (primary N) is 1. The number of fused-ring (bicyclic) bond motifs is 1. The fraction of sp³-hybridized carbons (Fsp3) is 0.357. The lowest BCUT2D eigenvalue weighted by atomic mass is 9.90. The summed E-state index contributed by atoms with van der Waals surface area (Å²) in [5, 5.41) is 1.61. The third-order valence-corrected chi connectivity index (χ3v) is 3.22. The van der Waals surface area contributed by atoms with Crippen molar-refractivity contribution in [2.24, 2.45) is 5.84 Å². The summed E-state index contributed by atoms with van der Waals surface area (Å²) in [4.78, 5) is 4.67. The first kappa shape index (κ1) is 13.1. The zero-order valence-corrected chi connectivity index (χ0v) is 11.9. The lowest BCUT2D eigenvalue weighted by Gasteiger charge is -2.20. The van der Waals surface area contributed by atoms with Gasteiger partial charge in [-0.3, -0.25) is 10.8 Å². The van der Waals surface area contributed by atoms with Crippen molar-refractivity contribution in [3.63, 3.8) is 0 Å². The Kier molecular flexibility index (Phi) is 3.21.